The molecule has 0 aliphatic heterocycles. The lowest BCUT2D eigenvalue weighted by Crippen LogP contribution is -2.40. The van der Waals surface area contributed by atoms with Crippen LogP contribution in [0.15, 0.2) is 42.0 Å². The molecule has 0 radical (unpaired) electrons. The number of hydrogen-bond donors (Lipinski definition) is 2. The second kappa shape index (κ2) is 10.4. The molecule has 0 heterocycles. The first-order valence-corrected chi connectivity index (χ1v) is 10.6. The summed E-state index contributed by atoms with van der Waals surface area (Å²) in [5.74, 6) is -6.17. The predicted octanol–water partition coefficient (Wildman–Crippen LogP) is 6.27. The van der Waals surface area contributed by atoms with Crippen LogP contribution in [0.1, 0.15) is 39.2 Å². The van der Waals surface area contributed by atoms with E-state index in [-0.39, 0.29) is 17.1 Å². The average Bonchev–Trinajstić information content (AvgIpc) is 2.70. The Kier molecular flexibility index (Phi) is 8.34. The van der Waals surface area contributed by atoms with Crippen LogP contribution in [0, 0.1) is 23.7 Å². The number of aliphatic carboxylic acids is 1. The van der Waals surface area contributed by atoms with Crippen LogP contribution in [0.3, 0.4) is 0 Å². The summed E-state index contributed by atoms with van der Waals surface area (Å²) in [6, 6.07) is 4.65. The molecule has 1 aliphatic rings. The van der Waals surface area contributed by atoms with Crippen molar-refractivity contribution in [2.24, 2.45) is 23.7 Å². The summed E-state index contributed by atoms with van der Waals surface area (Å²) in [6.07, 6.45) is 2.11. The molecule has 4 nitrogen and oxygen atoms in total. The largest absolute Gasteiger partial charge is 0.481 e. The van der Waals surface area contributed by atoms with E-state index in [1.54, 1.807) is 25.1 Å². The molecule has 2 rings (SSSR count). The maximum atomic E-state index is 13.6. The van der Waals surface area contributed by atoms with Crippen molar-refractivity contribution >= 4 is 29.2 Å². The summed E-state index contributed by atoms with van der Waals surface area (Å²) in [4.78, 5) is 24.1. The van der Waals surface area contributed by atoms with E-state index in [4.69, 9.17) is 16.7 Å². The summed E-state index contributed by atoms with van der Waals surface area (Å²) in [7, 11) is 0. The molecule has 0 saturated heterocycles. The highest BCUT2D eigenvalue weighted by Gasteiger charge is 2.46. The minimum Gasteiger partial charge on any atom is -0.481 e. The second-order valence-corrected chi connectivity index (χ2v) is 8.40. The molecule has 4 atom stereocenters. The van der Waals surface area contributed by atoms with E-state index in [2.05, 4.69) is 5.32 Å². The summed E-state index contributed by atoms with van der Waals surface area (Å²) in [5, 5.41) is 11.8. The normalized spacial score (nSPS) is 19.3. The first-order chi connectivity index (χ1) is 14.4. The molecule has 2 N–H and O–H groups in total. The minimum atomic E-state index is -4.53. The van der Waals surface area contributed by atoms with Gasteiger partial charge in [-0.2, -0.15) is 13.2 Å². The first kappa shape index (κ1) is 25.0. The number of hydrogen-bond acceptors (Lipinski definition) is 2. The van der Waals surface area contributed by atoms with Crippen molar-refractivity contribution in [2.75, 3.05) is 5.32 Å². The van der Waals surface area contributed by atoms with Gasteiger partial charge in [-0.05, 0) is 42.9 Å². The molecule has 170 valence electrons. The van der Waals surface area contributed by atoms with Gasteiger partial charge in [0.25, 0.3) is 0 Å². The van der Waals surface area contributed by atoms with E-state index < -0.39 is 41.7 Å². The Morgan fingerprint density at radius 1 is 1.29 bits per heavy atom. The number of nitrogens with one attached hydrogen (secondary N) is 1. The number of alkyl halides is 3. The number of amides is 1. The zero-order chi connectivity index (χ0) is 23.3. The van der Waals surface area contributed by atoms with Gasteiger partial charge in [-0.15, -0.1) is 0 Å². The molecule has 1 amide bonds. The molecule has 0 saturated carbocycles. The van der Waals surface area contributed by atoms with Crippen LogP contribution < -0.4 is 5.32 Å². The van der Waals surface area contributed by atoms with Crippen molar-refractivity contribution in [1.29, 1.82) is 0 Å². The lowest BCUT2D eigenvalue weighted by Gasteiger charge is -2.31. The number of carbonyl (C=O) groups excluding carboxylic acids is 1. The standard InChI is InChI=1S/C23H27ClF3NO3/c1-4-15-5-8-17(9-6-15)20(14(3)23(25,26)27)21(29)28-19-12-16(7-10-18(19)24)11-13(2)22(30)31/h5-8,10,12-14,17,20H,4,9,11H2,1-3H3,(H,28,29)(H,30,31)/t13?,14-,17?,20+/m1/s1. The third-order valence-electron chi connectivity index (χ3n) is 5.69. The highest BCUT2D eigenvalue weighted by atomic mass is 35.5. The Labute approximate surface area is 185 Å². The topological polar surface area (TPSA) is 66.4 Å². The van der Waals surface area contributed by atoms with Gasteiger partial charge in [-0.25, -0.2) is 0 Å². The fraction of sp³-hybridized carbons (Fsp3) is 0.478. The number of carbonyl (C=O) groups is 2. The van der Waals surface area contributed by atoms with Crippen molar-refractivity contribution in [3.05, 3.63) is 52.6 Å². The van der Waals surface area contributed by atoms with E-state index in [0.717, 1.165) is 18.9 Å². The summed E-state index contributed by atoms with van der Waals surface area (Å²) in [6.45, 7) is 4.52. The van der Waals surface area contributed by atoms with E-state index in [1.165, 1.54) is 12.1 Å². The Balaban J connectivity index is 2.28. The van der Waals surface area contributed by atoms with Crippen LogP contribution in [0.5, 0.6) is 0 Å². The summed E-state index contributed by atoms with van der Waals surface area (Å²) in [5.41, 5.74) is 1.81. The van der Waals surface area contributed by atoms with Gasteiger partial charge < -0.3 is 10.4 Å². The third kappa shape index (κ3) is 6.60. The molecule has 0 fully saturated rings. The molecule has 0 bridgehead atoms. The molecule has 0 aromatic heterocycles. The van der Waals surface area contributed by atoms with Gasteiger partial charge in [0.15, 0.2) is 0 Å². The maximum Gasteiger partial charge on any atom is 0.392 e. The van der Waals surface area contributed by atoms with Gasteiger partial charge >= 0.3 is 12.1 Å². The van der Waals surface area contributed by atoms with Gasteiger partial charge in [0.05, 0.1) is 28.5 Å². The predicted molar refractivity (Wildman–Crippen MR) is 115 cm³/mol. The Bertz CT molecular complexity index is 879. The second-order valence-electron chi connectivity index (χ2n) is 7.99. The van der Waals surface area contributed by atoms with Crippen LogP contribution in [-0.2, 0) is 16.0 Å². The maximum absolute atomic E-state index is 13.6. The summed E-state index contributed by atoms with van der Waals surface area (Å²) < 4.78 is 40.7. The third-order valence-corrected chi connectivity index (χ3v) is 6.02. The van der Waals surface area contributed by atoms with E-state index in [9.17, 15) is 22.8 Å². The average molecular weight is 458 g/mol. The zero-order valence-electron chi connectivity index (χ0n) is 17.7. The first-order valence-electron chi connectivity index (χ1n) is 10.2. The molecule has 1 aromatic rings. The molecule has 1 aromatic carbocycles. The van der Waals surface area contributed by atoms with Crippen molar-refractivity contribution < 1.29 is 27.9 Å². The fourth-order valence-electron chi connectivity index (χ4n) is 3.66. The van der Waals surface area contributed by atoms with Gasteiger partial charge in [-0.1, -0.05) is 62.2 Å². The Hall–Kier alpha value is -2.28. The van der Waals surface area contributed by atoms with Crippen LogP contribution in [0.25, 0.3) is 0 Å². The van der Waals surface area contributed by atoms with Crippen LogP contribution in [-0.4, -0.2) is 23.2 Å². The number of carboxylic acids is 1. The van der Waals surface area contributed by atoms with Crippen molar-refractivity contribution in [2.45, 2.75) is 46.2 Å². The number of carboxylic acid groups (broad SMARTS) is 1. The Morgan fingerprint density at radius 3 is 2.48 bits per heavy atom. The molecule has 2 unspecified atom stereocenters. The molecule has 1 aliphatic carbocycles. The van der Waals surface area contributed by atoms with Crippen molar-refractivity contribution in [3.8, 4) is 0 Å². The number of rotatable bonds is 8. The van der Waals surface area contributed by atoms with Crippen LogP contribution >= 0.6 is 11.6 Å². The molecular weight excluding hydrogens is 431 g/mol. The van der Waals surface area contributed by atoms with E-state index in [0.29, 0.717) is 12.0 Å². The number of benzene rings is 1. The molecule has 0 spiro atoms. The lowest BCUT2D eigenvalue weighted by molar-refractivity contribution is -0.188. The van der Waals surface area contributed by atoms with Crippen LogP contribution in [0.4, 0.5) is 18.9 Å². The lowest BCUT2D eigenvalue weighted by atomic mass is 9.77. The highest BCUT2D eigenvalue weighted by molar-refractivity contribution is 6.33. The Morgan fingerprint density at radius 2 is 1.97 bits per heavy atom. The van der Waals surface area contributed by atoms with Gasteiger partial charge in [0.1, 0.15) is 0 Å². The highest BCUT2D eigenvalue weighted by Crippen LogP contribution is 2.39. The summed E-state index contributed by atoms with van der Waals surface area (Å²) >= 11 is 6.16. The van der Waals surface area contributed by atoms with E-state index >= 15 is 0 Å². The molecular formula is C23H27ClF3NO3. The molecule has 31 heavy (non-hydrogen) atoms. The van der Waals surface area contributed by atoms with E-state index in [1.807, 2.05) is 13.0 Å². The fourth-order valence-corrected chi connectivity index (χ4v) is 3.82. The number of anilines is 1. The quantitative estimate of drug-likeness (QED) is 0.483. The smallest absolute Gasteiger partial charge is 0.392 e. The van der Waals surface area contributed by atoms with Crippen molar-refractivity contribution in [3.63, 3.8) is 0 Å². The van der Waals surface area contributed by atoms with Crippen molar-refractivity contribution in [1.82, 2.24) is 0 Å². The van der Waals surface area contributed by atoms with Gasteiger partial charge in [0, 0.05) is 0 Å². The number of halogens is 4. The van der Waals surface area contributed by atoms with Gasteiger partial charge in [-0.3, -0.25) is 9.59 Å². The zero-order valence-corrected chi connectivity index (χ0v) is 18.4. The number of allylic oxidation sites excluding steroid dienone is 4. The SMILES string of the molecule is CCC1=CCC([C@@H](C(=O)Nc2cc(CC(C)C(=O)O)ccc2Cl)[C@@H](C)C(F)(F)F)C=C1. The van der Waals surface area contributed by atoms with Crippen LogP contribution in [0.2, 0.25) is 5.02 Å². The van der Waals surface area contributed by atoms with Gasteiger partial charge in [0.2, 0.25) is 5.91 Å². The monoisotopic (exact) mass is 457 g/mol. The minimum absolute atomic E-state index is 0.172. The molecule has 8 heteroatoms.